The fraction of sp³-hybridized carbons (Fsp3) is 0.333. The summed E-state index contributed by atoms with van der Waals surface area (Å²) in [7, 11) is 0. The van der Waals surface area contributed by atoms with Crippen molar-refractivity contribution < 1.29 is 10.2 Å². The molecule has 2 aromatic rings. The van der Waals surface area contributed by atoms with E-state index in [0.29, 0.717) is 16.2 Å². The van der Waals surface area contributed by atoms with Gasteiger partial charge in [-0.25, -0.2) is 0 Å². The van der Waals surface area contributed by atoms with E-state index in [-0.39, 0.29) is 17.0 Å². The molecule has 0 atom stereocenters. The molecule has 0 aliphatic carbocycles. The summed E-state index contributed by atoms with van der Waals surface area (Å²) in [5.74, 6) is 0.616. The number of aromatic hydroxyl groups is 2. The highest BCUT2D eigenvalue weighted by atomic mass is 32.1. The SMILES string of the molecule is CC(C)(C)n1c(-c2cc(O)ccc2O)n[nH]c1=S. The predicted octanol–water partition coefficient (Wildman–Crippen LogP) is 2.77. The number of benzene rings is 1. The highest BCUT2D eigenvalue weighted by Gasteiger charge is 2.22. The first kappa shape index (κ1) is 12.6. The first-order chi connectivity index (χ1) is 8.30. The number of nitrogens with one attached hydrogen (secondary N) is 1. The average molecular weight is 265 g/mol. The summed E-state index contributed by atoms with van der Waals surface area (Å²) >= 11 is 5.20. The number of aromatic amines is 1. The molecular weight excluding hydrogens is 250 g/mol. The lowest BCUT2D eigenvalue weighted by atomic mass is 10.1. The first-order valence-electron chi connectivity index (χ1n) is 5.51. The molecule has 0 aliphatic heterocycles. The third-order valence-corrected chi connectivity index (χ3v) is 2.84. The molecule has 18 heavy (non-hydrogen) atoms. The number of phenols is 2. The zero-order chi connectivity index (χ0) is 13.5. The third kappa shape index (κ3) is 2.11. The Morgan fingerprint density at radius 1 is 1.28 bits per heavy atom. The summed E-state index contributed by atoms with van der Waals surface area (Å²) in [6.07, 6.45) is 0. The van der Waals surface area contributed by atoms with Crippen LogP contribution in [0.1, 0.15) is 20.8 Å². The normalized spacial score (nSPS) is 11.7. The molecular formula is C12H15N3O2S. The molecule has 6 heteroatoms. The highest BCUT2D eigenvalue weighted by Crippen LogP contribution is 2.33. The van der Waals surface area contributed by atoms with Crippen LogP contribution in [0.5, 0.6) is 11.5 Å². The van der Waals surface area contributed by atoms with Crippen molar-refractivity contribution >= 4 is 12.2 Å². The minimum Gasteiger partial charge on any atom is -0.508 e. The summed E-state index contributed by atoms with van der Waals surface area (Å²) in [5, 5.41) is 26.2. The Morgan fingerprint density at radius 2 is 1.94 bits per heavy atom. The molecule has 0 aliphatic rings. The molecule has 3 N–H and O–H groups in total. The van der Waals surface area contributed by atoms with Crippen molar-refractivity contribution in [2.24, 2.45) is 0 Å². The third-order valence-electron chi connectivity index (χ3n) is 2.56. The summed E-state index contributed by atoms with van der Waals surface area (Å²) in [6, 6.07) is 4.30. The van der Waals surface area contributed by atoms with E-state index in [0.717, 1.165) is 0 Å². The second kappa shape index (κ2) is 4.13. The molecule has 0 unspecified atom stereocenters. The van der Waals surface area contributed by atoms with E-state index in [9.17, 15) is 10.2 Å². The van der Waals surface area contributed by atoms with Crippen LogP contribution >= 0.6 is 12.2 Å². The van der Waals surface area contributed by atoms with E-state index in [1.807, 2.05) is 20.8 Å². The summed E-state index contributed by atoms with van der Waals surface area (Å²) in [6.45, 7) is 5.96. The van der Waals surface area contributed by atoms with Gasteiger partial charge in [-0.15, -0.1) is 0 Å². The predicted molar refractivity (Wildman–Crippen MR) is 71.2 cm³/mol. The van der Waals surface area contributed by atoms with Crippen molar-refractivity contribution in [2.75, 3.05) is 0 Å². The van der Waals surface area contributed by atoms with Gasteiger partial charge in [0.2, 0.25) is 0 Å². The van der Waals surface area contributed by atoms with Gasteiger partial charge in [0.15, 0.2) is 10.6 Å². The molecule has 2 rings (SSSR count). The Labute approximate surface area is 110 Å². The van der Waals surface area contributed by atoms with Crippen LogP contribution in [0.4, 0.5) is 0 Å². The maximum absolute atomic E-state index is 9.88. The van der Waals surface area contributed by atoms with Gasteiger partial charge in [-0.05, 0) is 51.2 Å². The highest BCUT2D eigenvalue weighted by molar-refractivity contribution is 7.71. The Bertz CT molecular complexity index is 638. The number of H-pyrrole nitrogens is 1. The van der Waals surface area contributed by atoms with Gasteiger partial charge in [-0.1, -0.05) is 0 Å². The molecule has 0 amide bonds. The van der Waals surface area contributed by atoms with Crippen LogP contribution in [0.15, 0.2) is 18.2 Å². The molecule has 0 spiro atoms. The van der Waals surface area contributed by atoms with E-state index in [2.05, 4.69) is 10.2 Å². The Morgan fingerprint density at radius 3 is 2.56 bits per heavy atom. The lowest BCUT2D eigenvalue weighted by molar-refractivity contribution is 0.394. The van der Waals surface area contributed by atoms with Gasteiger partial charge in [-0.2, -0.15) is 5.10 Å². The first-order valence-corrected chi connectivity index (χ1v) is 5.92. The van der Waals surface area contributed by atoms with Gasteiger partial charge < -0.3 is 10.2 Å². The zero-order valence-electron chi connectivity index (χ0n) is 10.4. The molecule has 0 saturated heterocycles. The molecule has 96 valence electrons. The van der Waals surface area contributed by atoms with E-state index < -0.39 is 0 Å². The van der Waals surface area contributed by atoms with Crippen LogP contribution in [0.3, 0.4) is 0 Å². The van der Waals surface area contributed by atoms with Gasteiger partial charge >= 0.3 is 0 Å². The van der Waals surface area contributed by atoms with Crippen LogP contribution in [0.25, 0.3) is 11.4 Å². The van der Waals surface area contributed by atoms with Crippen molar-refractivity contribution in [3.05, 3.63) is 23.0 Å². The fourth-order valence-corrected chi connectivity index (χ4v) is 2.21. The molecule has 1 heterocycles. The van der Waals surface area contributed by atoms with Gasteiger partial charge in [0.25, 0.3) is 0 Å². The van der Waals surface area contributed by atoms with Crippen molar-refractivity contribution in [3.8, 4) is 22.9 Å². The standard InChI is InChI=1S/C12H15N3O2S/c1-12(2,3)15-10(13-14-11(15)18)8-6-7(16)4-5-9(8)17/h4-6,16-17H,1-3H3,(H,14,18). The Hall–Kier alpha value is -1.82. The van der Waals surface area contributed by atoms with Crippen LogP contribution in [0.2, 0.25) is 0 Å². The molecule has 1 aromatic carbocycles. The topological polar surface area (TPSA) is 74.1 Å². The summed E-state index contributed by atoms with van der Waals surface area (Å²) in [4.78, 5) is 0. The zero-order valence-corrected chi connectivity index (χ0v) is 11.2. The minimum atomic E-state index is -0.280. The lowest BCUT2D eigenvalue weighted by Crippen LogP contribution is -2.23. The minimum absolute atomic E-state index is 0.0484. The van der Waals surface area contributed by atoms with E-state index >= 15 is 0 Å². The molecule has 1 aromatic heterocycles. The van der Waals surface area contributed by atoms with Gasteiger partial charge in [0.05, 0.1) is 5.56 Å². The Balaban J connectivity index is 2.73. The van der Waals surface area contributed by atoms with Crippen LogP contribution < -0.4 is 0 Å². The fourth-order valence-electron chi connectivity index (χ4n) is 1.80. The number of hydrogen-bond acceptors (Lipinski definition) is 4. The van der Waals surface area contributed by atoms with Crippen molar-refractivity contribution in [3.63, 3.8) is 0 Å². The van der Waals surface area contributed by atoms with Crippen molar-refractivity contribution in [1.82, 2.24) is 14.8 Å². The smallest absolute Gasteiger partial charge is 0.195 e. The Kier molecular flexibility index (Phi) is 2.90. The molecule has 0 bridgehead atoms. The number of phenolic OH excluding ortho intramolecular Hbond substituents is 2. The van der Waals surface area contributed by atoms with E-state index in [1.54, 1.807) is 4.57 Å². The quantitative estimate of drug-likeness (QED) is 0.547. The number of nitrogens with zero attached hydrogens (tertiary/aromatic N) is 2. The van der Waals surface area contributed by atoms with Gasteiger partial charge in [0, 0.05) is 5.54 Å². The summed E-state index contributed by atoms with van der Waals surface area (Å²) < 4.78 is 2.27. The summed E-state index contributed by atoms with van der Waals surface area (Å²) in [5.41, 5.74) is 0.161. The van der Waals surface area contributed by atoms with Crippen LogP contribution in [-0.4, -0.2) is 25.0 Å². The molecule has 5 nitrogen and oxygen atoms in total. The van der Waals surface area contributed by atoms with Gasteiger partial charge in [0.1, 0.15) is 11.5 Å². The second-order valence-corrected chi connectivity index (χ2v) is 5.45. The number of rotatable bonds is 1. The van der Waals surface area contributed by atoms with Crippen LogP contribution in [-0.2, 0) is 5.54 Å². The maximum atomic E-state index is 9.88. The van der Waals surface area contributed by atoms with Crippen molar-refractivity contribution in [2.45, 2.75) is 26.3 Å². The largest absolute Gasteiger partial charge is 0.508 e. The number of hydrogen-bond donors (Lipinski definition) is 3. The maximum Gasteiger partial charge on any atom is 0.195 e. The van der Waals surface area contributed by atoms with E-state index in [4.69, 9.17) is 12.2 Å². The molecule has 0 fully saturated rings. The van der Waals surface area contributed by atoms with E-state index in [1.165, 1.54) is 18.2 Å². The monoisotopic (exact) mass is 265 g/mol. The molecule has 0 radical (unpaired) electrons. The van der Waals surface area contributed by atoms with Gasteiger partial charge in [-0.3, -0.25) is 9.67 Å². The number of aromatic nitrogens is 3. The van der Waals surface area contributed by atoms with Crippen LogP contribution in [0, 0.1) is 4.77 Å². The average Bonchev–Trinajstić information content (AvgIpc) is 2.63. The second-order valence-electron chi connectivity index (χ2n) is 5.06. The lowest BCUT2D eigenvalue weighted by Gasteiger charge is -2.22. The van der Waals surface area contributed by atoms with Crippen molar-refractivity contribution in [1.29, 1.82) is 0 Å². The molecule has 0 saturated carbocycles.